The largest absolute Gasteiger partial charge is 0.493 e. The number of esters is 1. The van der Waals surface area contributed by atoms with Crippen molar-refractivity contribution in [2.75, 3.05) is 21.3 Å². The van der Waals surface area contributed by atoms with Crippen molar-refractivity contribution in [3.8, 4) is 17.2 Å². The van der Waals surface area contributed by atoms with Gasteiger partial charge >= 0.3 is 5.97 Å². The highest BCUT2D eigenvalue weighted by Crippen LogP contribution is 2.66. The van der Waals surface area contributed by atoms with E-state index in [0.29, 0.717) is 51.1 Å². The Morgan fingerprint density at radius 3 is 2.17 bits per heavy atom. The number of hydrogen-bond donors (Lipinski definition) is 1. The van der Waals surface area contributed by atoms with Gasteiger partial charge in [-0.05, 0) is 55.2 Å². The van der Waals surface area contributed by atoms with Crippen LogP contribution in [0.4, 0.5) is 0 Å². The lowest BCUT2D eigenvalue weighted by Crippen LogP contribution is -2.39. The number of methoxy groups -OCH3 is 3. The summed E-state index contributed by atoms with van der Waals surface area (Å²) in [4.78, 5) is 28.2. The fourth-order valence-corrected chi connectivity index (χ4v) is 7.70. The summed E-state index contributed by atoms with van der Waals surface area (Å²) in [6.07, 6.45) is 2.89. The maximum Gasteiger partial charge on any atom is 0.337 e. The van der Waals surface area contributed by atoms with Crippen molar-refractivity contribution in [2.24, 2.45) is 16.7 Å². The minimum atomic E-state index is -0.684. The Balaban J connectivity index is 1.48. The number of benzene rings is 2. The molecule has 2 bridgehead atoms. The zero-order valence-electron chi connectivity index (χ0n) is 24.3. The van der Waals surface area contributed by atoms with Crippen LogP contribution in [0.15, 0.2) is 53.2 Å². The van der Waals surface area contributed by atoms with E-state index in [-0.39, 0.29) is 22.7 Å². The number of ketones is 1. The Labute approximate surface area is 235 Å². The predicted molar refractivity (Wildman–Crippen MR) is 151 cm³/mol. The molecule has 210 valence electrons. The van der Waals surface area contributed by atoms with Gasteiger partial charge in [-0.15, -0.1) is 0 Å². The molecule has 2 aromatic carbocycles. The molecule has 1 aliphatic heterocycles. The third-order valence-corrected chi connectivity index (χ3v) is 10.5. The smallest absolute Gasteiger partial charge is 0.337 e. The van der Waals surface area contributed by atoms with Crippen LogP contribution in [0.25, 0.3) is 5.70 Å². The first kappa shape index (κ1) is 26.5. The second-order valence-electron chi connectivity index (χ2n) is 12.2. The number of dihydropyridines is 1. The van der Waals surface area contributed by atoms with E-state index in [1.807, 2.05) is 43.3 Å². The minimum absolute atomic E-state index is 0.0875. The molecule has 7 nitrogen and oxygen atoms in total. The summed E-state index contributed by atoms with van der Waals surface area (Å²) in [5.41, 5.74) is 4.48. The van der Waals surface area contributed by atoms with Gasteiger partial charge in [0.1, 0.15) is 6.10 Å². The molecule has 7 heteroatoms. The number of Topliss-reactive ketones (excluding diaryl/α,β-unsaturated/α-hetero) is 1. The lowest BCUT2D eigenvalue weighted by Gasteiger charge is -2.39. The van der Waals surface area contributed by atoms with Crippen LogP contribution in [0.3, 0.4) is 0 Å². The molecule has 4 atom stereocenters. The van der Waals surface area contributed by atoms with Crippen molar-refractivity contribution < 1.29 is 28.5 Å². The Hall–Kier alpha value is -3.74. The van der Waals surface area contributed by atoms with Crippen molar-refractivity contribution in [1.29, 1.82) is 0 Å². The number of nitrogens with one attached hydrogen (secondary N) is 1. The molecule has 0 amide bonds. The van der Waals surface area contributed by atoms with Gasteiger partial charge in [0.2, 0.25) is 5.75 Å². The van der Waals surface area contributed by atoms with Gasteiger partial charge in [0, 0.05) is 33.7 Å². The van der Waals surface area contributed by atoms with E-state index in [2.05, 4.69) is 26.1 Å². The highest BCUT2D eigenvalue weighted by Gasteiger charge is 2.63. The topological polar surface area (TPSA) is 83.1 Å². The molecule has 2 saturated carbocycles. The van der Waals surface area contributed by atoms with Crippen LogP contribution in [-0.4, -0.2) is 39.2 Å². The third kappa shape index (κ3) is 3.49. The average molecular weight is 544 g/mol. The molecule has 1 heterocycles. The zero-order valence-corrected chi connectivity index (χ0v) is 24.3. The van der Waals surface area contributed by atoms with E-state index in [1.54, 1.807) is 21.3 Å². The molecule has 0 saturated heterocycles. The van der Waals surface area contributed by atoms with Crippen molar-refractivity contribution in [3.63, 3.8) is 0 Å². The van der Waals surface area contributed by atoms with E-state index in [4.69, 9.17) is 18.9 Å². The Morgan fingerprint density at radius 2 is 1.62 bits per heavy atom. The molecule has 0 aromatic heterocycles. The molecule has 6 rings (SSSR count). The highest BCUT2D eigenvalue weighted by atomic mass is 16.5. The van der Waals surface area contributed by atoms with Gasteiger partial charge < -0.3 is 24.3 Å². The van der Waals surface area contributed by atoms with Gasteiger partial charge in [-0.3, -0.25) is 4.79 Å². The molecule has 40 heavy (non-hydrogen) atoms. The van der Waals surface area contributed by atoms with Crippen molar-refractivity contribution in [1.82, 2.24) is 5.32 Å². The average Bonchev–Trinajstić information content (AvgIpc) is 3.43. The summed E-state index contributed by atoms with van der Waals surface area (Å²) in [5.74, 6) is 0.690. The van der Waals surface area contributed by atoms with E-state index in [0.717, 1.165) is 30.5 Å². The Morgan fingerprint density at radius 1 is 0.975 bits per heavy atom. The fourth-order valence-electron chi connectivity index (χ4n) is 7.70. The van der Waals surface area contributed by atoms with Gasteiger partial charge in [0.15, 0.2) is 17.3 Å². The van der Waals surface area contributed by atoms with Crippen LogP contribution in [0.2, 0.25) is 0 Å². The normalized spacial score (nSPS) is 27.8. The molecule has 0 radical (unpaired) electrons. The minimum Gasteiger partial charge on any atom is -0.493 e. The molecular weight excluding hydrogens is 506 g/mol. The predicted octanol–water partition coefficient (Wildman–Crippen LogP) is 6.04. The SMILES string of the molecule is COc1cc([C@@H]2C(C(=O)O[C@@H]3C[C@H]4CC[C@@]3(C)C4(C)C)=C(C)NC3=C2C(=O)c2ccccc23)cc(OC)c1OC. The molecule has 0 unspecified atom stereocenters. The van der Waals surface area contributed by atoms with Crippen LogP contribution in [0.1, 0.15) is 74.4 Å². The fraction of sp³-hybridized carbons (Fsp3) is 0.455. The van der Waals surface area contributed by atoms with Gasteiger partial charge in [-0.25, -0.2) is 4.79 Å². The summed E-state index contributed by atoms with van der Waals surface area (Å²) in [6, 6.07) is 11.2. The maximum atomic E-state index is 14.2. The monoisotopic (exact) mass is 543 g/mol. The maximum absolute atomic E-state index is 14.2. The molecular formula is C33H37NO6. The van der Waals surface area contributed by atoms with E-state index in [1.165, 1.54) is 0 Å². The summed E-state index contributed by atoms with van der Waals surface area (Å²) < 4.78 is 23.3. The Bertz CT molecular complexity index is 1480. The Kier molecular flexibility index (Phi) is 6.06. The second kappa shape index (κ2) is 9.15. The van der Waals surface area contributed by atoms with Crippen molar-refractivity contribution in [3.05, 3.63) is 69.9 Å². The highest BCUT2D eigenvalue weighted by molar-refractivity contribution is 6.23. The van der Waals surface area contributed by atoms with Crippen LogP contribution in [0, 0.1) is 16.7 Å². The summed E-state index contributed by atoms with van der Waals surface area (Å²) in [7, 11) is 4.66. The van der Waals surface area contributed by atoms with Crippen molar-refractivity contribution >= 4 is 17.4 Å². The number of hydrogen-bond acceptors (Lipinski definition) is 7. The molecule has 0 spiro atoms. The number of carbonyl (C=O) groups excluding carboxylic acids is 2. The number of rotatable bonds is 6. The van der Waals surface area contributed by atoms with Gasteiger partial charge in [-0.2, -0.15) is 0 Å². The van der Waals surface area contributed by atoms with Crippen LogP contribution in [0.5, 0.6) is 17.2 Å². The lowest BCUT2D eigenvalue weighted by molar-refractivity contribution is -0.152. The molecule has 1 N–H and O–H groups in total. The molecule has 2 aromatic rings. The van der Waals surface area contributed by atoms with Gasteiger partial charge in [0.25, 0.3) is 0 Å². The molecule has 2 fully saturated rings. The van der Waals surface area contributed by atoms with Crippen LogP contribution >= 0.6 is 0 Å². The molecule has 4 aliphatic rings. The first-order valence-corrected chi connectivity index (χ1v) is 13.9. The number of carbonyl (C=O) groups is 2. The first-order chi connectivity index (χ1) is 19.1. The van der Waals surface area contributed by atoms with E-state index in [9.17, 15) is 9.59 Å². The first-order valence-electron chi connectivity index (χ1n) is 13.9. The molecule has 3 aliphatic carbocycles. The third-order valence-electron chi connectivity index (χ3n) is 10.5. The van der Waals surface area contributed by atoms with E-state index >= 15 is 0 Å². The summed E-state index contributed by atoms with van der Waals surface area (Å²) in [6.45, 7) is 8.74. The van der Waals surface area contributed by atoms with Crippen molar-refractivity contribution in [2.45, 2.75) is 59.0 Å². The number of fused-ring (bicyclic) bond motifs is 4. The van der Waals surface area contributed by atoms with Crippen LogP contribution in [-0.2, 0) is 9.53 Å². The van der Waals surface area contributed by atoms with E-state index < -0.39 is 11.9 Å². The quantitative estimate of drug-likeness (QED) is 0.445. The summed E-state index contributed by atoms with van der Waals surface area (Å²) >= 11 is 0. The van der Waals surface area contributed by atoms with Gasteiger partial charge in [-0.1, -0.05) is 45.0 Å². The lowest BCUT2D eigenvalue weighted by atomic mass is 9.70. The van der Waals surface area contributed by atoms with Crippen LogP contribution < -0.4 is 19.5 Å². The summed E-state index contributed by atoms with van der Waals surface area (Å²) in [5, 5.41) is 3.41. The van der Waals surface area contributed by atoms with Gasteiger partial charge in [0.05, 0.1) is 32.6 Å². The second-order valence-corrected chi connectivity index (χ2v) is 12.2. The number of allylic oxidation sites excluding steroid dienone is 2. The number of ether oxygens (including phenoxy) is 4. The zero-order chi connectivity index (χ0) is 28.6. The standard InChI is InChI=1S/C33H37NO6/c1-17-25(31(36)40-24-16-19-12-13-33(24,4)32(19,2)3)26(18-14-22(37-5)30(39-7)23(15-18)38-6)27-28(34-17)20-10-8-9-11-21(20)29(27)35/h8-11,14-15,19,24,26,34H,12-13,16H2,1-7H3/t19-,24-,26-,33-/m1/s1.